The molecule has 3 heteroatoms. The molecule has 0 aromatic carbocycles. The molecule has 1 fully saturated rings. The van der Waals surface area contributed by atoms with E-state index in [9.17, 15) is 5.11 Å². The second-order valence-corrected chi connectivity index (χ2v) is 3.09. The van der Waals surface area contributed by atoms with Gasteiger partial charge in [0.05, 0.1) is 18.8 Å². The van der Waals surface area contributed by atoms with Gasteiger partial charge >= 0.3 is 0 Å². The van der Waals surface area contributed by atoms with Crippen LogP contribution in [0.2, 0.25) is 0 Å². The summed E-state index contributed by atoms with van der Waals surface area (Å²) in [6.45, 7) is 1.70. The minimum atomic E-state index is -0.239. The fourth-order valence-corrected chi connectivity index (χ4v) is 1.78. The van der Waals surface area contributed by atoms with Gasteiger partial charge in [0.15, 0.2) is 0 Å². The highest BCUT2D eigenvalue weighted by Crippen LogP contribution is 2.36. The average molecular weight is 155 g/mol. The van der Waals surface area contributed by atoms with Crippen LogP contribution in [0.5, 0.6) is 0 Å². The fraction of sp³-hybridized carbons (Fsp3) is 0.750. The van der Waals surface area contributed by atoms with Crippen molar-refractivity contribution in [3.63, 3.8) is 0 Å². The van der Waals surface area contributed by atoms with E-state index in [-0.39, 0.29) is 6.10 Å². The second kappa shape index (κ2) is 2.59. The highest BCUT2D eigenvalue weighted by Gasteiger charge is 2.52. The smallest absolute Gasteiger partial charge is 0.0895 e. The van der Waals surface area contributed by atoms with Crippen molar-refractivity contribution in [3.8, 4) is 0 Å². The first-order valence-corrected chi connectivity index (χ1v) is 3.95. The molecule has 0 amide bonds. The van der Waals surface area contributed by atoms with Crippen LogP contribution in [-0.2, 0) is 4.74 Å². The van der Waals surface area contributed by atoms with E-state index in [1.807, 2.05) is 6.08 Å². The van der Waals surface area contributed by atoms with Gasteiger partial charge in [0.25, 0.3) is 0 Å². The maximum atomic E-state index is 9.34. The lowest BCUT2D eigenvalue weighted by Gasteiger charge is -2.06. The van der Waals surface area contributed by atoms with E-state index in [2.05, 4.69) is 11.0 Å². The van der Waals surface area contributed by atoms with E-state index in [1.165, 1.54) is 0 Å². The van der Waals surface area contributed by atoms with E-state index < -0.39 is 0 Å². The van der Waals surface area contributed by atoms with Crippen molar-refractivity contribution in [3.05, 3.63) is 12.2 Å². The van der Waals surface area contributed by atoms with Gasteiger partial charge in [-0.05, 0) is 0 Å². The molecule has 0 radical (unpaired) electrons. The lowest BCUT2D eigenvalue weighted by molar-refractivity contribution is 0.163. The molecule has 1 aliphatic heterocycles. The van der Waals surface area contributed by atoms with Crippen molar-refractivity contribution in [1.82, 2.24) is 4.90 Å². The van der Waals surface area contributed by atoms with Gasteiger partial charge < -0.3 is 9.84 Å². The van der Waals surface area contributed by atoms with Crippen LogP contribution < -0.4 is 0 Å². The molecule has 1 aliphatic carbocycles. The summed E-state index contributed by atoms with van der Waals surface area (Å²) in [5.41, 5.74) is 0. The van der Waals surface area contributed by atoms with Crippen LogP contribution in [0.25, 0.3) is 0 Å². The molecule has 0 aromatic rings. The monoisotopic (exact) mass is 155 g/mol. The number of ether oxygens (including phenoxy) is 1. The molecule has 0 bridgehead atoms. The molecule has 4 atom stereocenters. The number of aliphatic hydroxyl groups excluding tert-OH is 1. The summed E-state index contributed by atoms with van der Waals surface area (Å²) >= 11 is 0. The Morgan fingerprint density at radius 3 is 2.91 bits per heavy atom. The third kappa shape index (κ3) is 1.09. The molecular weight excluding hydrogens is 142 g/mol. The summed E-state index contributed by atoms with van der Waals surface area (Å²) in [6, 6.07) is 0.866. The molecule has 0 saturated carbocycles. The topological polar surface area (TPSA) is 32.5 Å². The Kier molecular flexibility index (Phi) is 1.71. The van der Waals surface area contributed by atoms with E-state index >= 15 is 0 Å². The molecular formula is C8H13NO2. The summed E-state index contributed by atoms with van der Waals surface area (Å²) in [4.78, 5) is 2.24. The zero-order valence-corrected chi connectivity index (χ0v) is 6.60. The highest BCUT2D eigenvalue weighted by atomic mass is 16.5. The number of hydrogen-bond acceptors (Lipinski definition) is 3. The van der Waals surface area contributed by atoms with Crippen molar-refractivity contribution in [2.24, 2.45) is 0 Å². The highest BCUT2D eigenvalue weighted by molar-refractivity contribution is 5.26. The average Bonchev–Trinajstić information content (AvgIpc) is 2.58. The normalized spacial score (nSPS) is 46.0. The van der Waals surface area contributed by atoms with Gasteiger partial charge in [-0.1, -0.05) is 12.2 Å². The third-order valence-electron chi connectivity index (χ3n) is 2.44. The molecule has 0 spiro atoms. The Morgan fingerprint density at radius 2 is 2.36 bits per heavy atom. The van der Waals surface area contributed by atoms with Crippen LogP contribution in [-0.4, -0.2) is 48.5 Å². The lowest BCUT2D eigenvalue weighted by atomic mass is 10.3. The van der Waals surface area contributed by atoms with Gasteiger partial charge in [0.1, 0.15) is 0 Å². The Hall–Kier alpha value is -0.380. The predicted octanol–water partition coefficient (Wildman–Crippen LogP) is -0.384. The first-order valence-electron chi connectivity index (χ1n) is 3.95. The zero-order valence-electron chi connectivity index (χ0n) is 6.60. The van der Waals surface area contributed by atoms with E-state index in [0.29, 0.717) is 12.1 Å². The van der Waals surface area contributed by atoms with Crippen LogP contribution in [0.1, 0.15) is 0 Å². The molecule has 2 rings (SSSR count). The summed E-state index contributed by atoms with van der Waals surface area (Å²) in [7, 11) is 1.70. The summed E-state index contributed by atoms with van der Waals surface area (Å²) in [5, 5.41) is 9.34. The Labute approximate surface area is 66.3 Å². The second-order valence-electron chi connectivity index (χ2n) is 3.09. The quantitative estimate of drug-likeness (QED) is 0.445. The van der Waals surface area contributed by atoms with E-state index in [1.54, 1.807) is 7.11 Å². The number of rotatable bonds is 3. The van der Waals surface area contributed by atoms with Crippen molar-refractivity contribution in [1.29, 1.82) is 0 Å². The maximum Gasteiger partial charge on any atom is 0.0895 e. The minimum Gasteiger partial charge on any atom is -0.387 e. The lowest BCUT2D eigenvalue weighted by Crippen LogP contribution is -2.18. The number of hydrogen-bond donors (Lipinski definition) is 1. The molecule has 62 valence electrons. The van der Waals surface area contributed by atoms with Crippen molar-refractivity contribution < 1.29 is 9.84 Å². The van der Waals surface area contributed by atoms with Crippen molar-refractivity contribution in [2.45, 2.75) is 18.2 Å². The Balaban J connectivity index is 1.81. The van der Waals surface area contributed by atoms with Crippen LogP contribution in [0, 0.1) is 0 Å². The molecule has 1 N–H and O–H groups in total. The zero-order chi connectivity index (χ0) is 7.84. The molecule has 2 aliphatic rings. The molecule has 3 nitrogen and oxygen atoms in total. The van der Waals surface area contributed by atoms with E-state index in [4.69, 9.17) is 4.74 Å². The maximum absolute atomic E-state index is 9.34. The SMILES string of the molecule is COCCN1[C@H]2[C@H](O)C=C[C@H]21. The van der Waals surface area contributed by atoms with Gasteiger partial charge in [0.2, 0.25) is 0 Å². The fourth-order valence-electron chi connectivity index (χ4n) is 1.78. The first kappa shape index (κ1) is 7.28. The van der Waals surface area contributed by atoms with Crippen LogP contribution in [0.3, 0.4) is 0 Å². The summed E-state index contributed by atoms with van der Waals surface area (Å²) < 4.78 is 4.95. The molecule has 11 heavy (non-hydrogen) atoms. The van der Waals surface area contributed by atoms with Gasteiger partial charge in [-0.2, -0.15) is 0 Å². The molecule has 1 heterocycles. The molecule has 0 aromatic heterocycles. The predicted molar refractivity (Wildman–Crippen MR) is 41.3 cm³/mol. The van der Waals surface area contributed by atoms with Gasteiger partial charge in [-0.25, -0.2) is 0 Å². The standard InChI is InChI=1S/C8H13NO2/c1-11-5-4-9-6-2-3-7(10)8(6)9/h2-3,6-8,10H,4-5H2,1H3/t6-,7-,8-,9?/m1/s1. The van der Waals surface area contributed by atoms with Crippen molar-refractivity contribution >= 4 is 0 Å². The van der Waals surface area contributed by atoms with Crippen LogP contribution >= 0.6 is 0 Å². The van der Waals surface area contributed by atoms with Gasteiger partial charge in [-0.3, -0.25) is 4.90 Å². The summed E-state index contributed by atoms with van der Waals surface area (Å²) in [5.74, 6) is 0. The first-order chi connectivity index (χ1) is 5.34. The number of methoxy groups -OCH3 is 1. The molecule has 1 unspecified atom stereocenters. The van der Waals surface area contributed by atoms with Gasteiger partial charge in [0, 0.05) is 19.7 Å². The Bertz CT molecular complexity index is 181. The minimum absolute atomic E-state index is 0.239. The number of fused-ring (bicyclic) bond motifs is 1. The largest absolute Gasteiger partial charge is 0.387 e. The van der Waals surface area contributed by atoms with E-state index in [0.717, 1.165) is 13.2 Å². The van der Waals surface area contributed by atoms with Crippen LogP contribution in [0.15, 0.2) is 12.2 Å². The van der Waals surface area contributed by atoms with Crippen LogP contribution in [0.4, 0.5) is 0 Å². The number of aliphatic hydroxyl groups is 1. The van der Waals surface area contributed by atoms with Gasteiger partial charge in [-0.15, -0.1) is 0 Å². The summed E-state index contributed by atoms with van der Waals surface area (Å²) in [6.07, 6.45) is 3.71. The van der Waals surface area contributed by atoms with Crippen molar-refractivity contribution in [2.75, 3.05) is 20.3 Å². The molecule has 1 saturated heterocycles. The Morgan fingerprint density at radius 1 is 1.55 bits per heavy atom. The number of nitrogens with zero attached hydrogens (tertiary/aromatic N) is 1. The third-order valence-corrected chi connectivity index (χ3v) is 2.44.